The van der Waals surface area contributed by atoms with Gasteiger partial charge in [0.05, 0.1) is 38.8 Å². The topological polar surface area (TPSA) is 15.3 Å². The normalized spacial score (nSPS) is 12.4. The summed E-state index contributed by atoms with van der Waals surface area (Å²) in [4.78, 5) is 4.84. The molecule has 0 radical (unpaired) electrons. The van der Waals surface area contributed by atoms with Gasteiger partial charge in [0.15, 0.2) is 0 Å². The van der Waals surface area contributed by atoms with Gasteiger partial charge in [-0.3, -0.25) is 0 Å². The van der Waals surface area contributed by atoms with E-state index in [1.165, 1.54) is 82.5 Å². The third-order valence-corrected chi connectivity index (χ3v) is 13.4. The fourth-order valence-corrected chi connectivity index (χ4v) is 10.3. The molecule has 302 valence electrons. The Balaban J connectivity index is 1.14. The zero-order valence-electron chi connectivity index (χ0n) is 36.2. The molecule has 0 atom stereocenters. The van der Waals surface area contributed by atoms with Gasteiger partial charge in [0, 0.05) is 71.5 Å². The summed E-state index contributed by atoms with van der Waals surface area (Å²) in [6.45, 7) is 15.7. The van der Waals surface area contributed by atoms with E-state index in [2.05, 4.69) is 229 Å². The fraction of sp³-hybridized carbons (Fsp3) is 0.0847. The maximum absolute atomic E-state index is 4.85. The third kappa shape index (κ3) is 5.47. The quantitative estimate of drug-likeness (QED) is 0.159. The second-order valence-electron chi connectivity index (χ2n) is 17.4. The number of hydrogen-bond donors (Lipinski definition) is 0. The van der Waals surface area contributed by atoms with Crippen LogP contribution in [0.3, 0.4) is 0 Å². The van der Waals surface area contributed by atoms with Crippen molar-refractivity contribution in [1.29, 1.82) is 0 Å². The summed E-state index contributed by atoms with van der Waals surface area (Å²) in [5.74, 6) is 0. The van der Waals surface area contributed by atoms with Crippen molar-refractivity contribution in [2.45, 2.75) is 34.6 Å². The number of benzene rings is 8. The number of fused-ring (bicyclic) bond motifs is 6. The molecule has 63 heavy (non-hydrogen) atoms. The summed E-state index contributed by atoms with van der Waals surface area (Å²) in [7, 11) is 0. The molecule has 0 N–H and O–H groups in total. The van der Waals surface area contributed by atoms with Gasteiger partial charge in [0.25, 0.3) is 0 Å². The lowest BCUT2D eigenvalue weighted by Gasteiger charge is -2.27. The molecule has 0 bridgehead atoms. The van der Waals surface area contributed by atoms with E-state index >= 15 is 0 Å². The zero-order chi connectivity index (χ0) is 42.7. The highest BCUT2D eigenvalue weighted by Crippen LogP contribution is 2.47. The Morgan fingerprint density at radius 2 is 0.778 bits per heavy atom. The Kier molecular flexibility index (Phi) is 8.13. The summed E-state index contributed by atoms with van der Waals surface area (Å²) in [6, 6.07) is 62.6. The predicted molar refractivity (Wildman–Crippen MR) is 269 cm³/mol. The number of hydrogen-bond acceptors (Lipinski definition) is 2. The van der Waals surface area contributed by atoms with Gasteiger partial charge >= 0.3 is 0 Å². The van der Waals surface area contributed by atoms with Crippen molar-refractivity contribution in [2.24, 2.45) is 0 Å². The Bertz CT molecular complexity index is 3740. The molecule has 4 heteroatoms. The van der Waals surface area contributed by atoms with Crippen molar-refractivity contribution in [3.05, 3.63) is 214 Å². The Hall–Kier alpha value is -7.82. The molecule has 4 aromatic heterocycles. The highest BCUT2D eigenvalue weighted by molar-refractivity contribution is 6.23. The molecule has 0 spiro atoms. The number of rotatable bonds is 7. The first-order chi connectivity index (χ1) is 30.7. The van der Waals surface area contributed by atoms with Crippen LogP contribution in [-0.2, 0) is 0 Å². The summed E-state index contributed by atoms with van der Waals surface area (Å²) in [5, 5.41) is 9.47. The van der Waals surface area contributed by atoms with Gasteiger partial charge in [-0.05, 0) is 113 Å². The van der Waals surface area contributed by atoms with Crippen LogP contribution in [0.4, 0.5) is 34.1 Å². The first-order valence-electron chi connectivity index (χ1n) is 21.9. The smallest absolute Gasteiger partial charge is 0.0641 e. The minimum absolute atomic E-state index is 1.03. The van der Waals surface area contributed by atoms with Gasteiger partial charge in [0.2, 0.25) is 0 Å². The molecule has 12 rings (SSSR count). The molecular formula is C59H46N4. The summed E-state index contributed by atoms with van der Waals surface area (Å²) >= 11 is 0. The van der Waals surface area contributed by atoms with Crippen LogP contribution >= 0.6 is 0 Å². The monoisotopic (exact) mass is 810 g/mol. The van der Waals surface area contributed by atoms with Crippen LogP contribution in [0.15, 0.2) is 170 Å². The van der Waals surface area contributed by atoms with Crippen LogP contribution in [0, 0.1) is 34.6 Å². The summed E-state index contributed by atoms with van der Waals surface area (Å²) < 4.78 is 4.97. The molecule has 0 saturated carbocycles. The molecule has 8 aromatic carbocycles. The largest absolute Gasteiger partial charge is 0.312 e. The second-order valence-corrected chi connectivity index (χ2v) is 17.4. The molecule has 0 amide bonds. The molecule has 0 aliphatic carbocycles. The third-order valence-electron chi connectivity index (χ3n) is 13.4. The van der Waals surface area contributed by atoms with Crippen molar-refractivity contribution >= 4 is 101 Å². The van der Waals surface area contributed by atoms with E-state index in [0.717, 1.165) is 50.1 Å². The van der Waals surface area contributed by atoms with E-state index in [-0.39, 0.29) is 0 Å². The highest BCUT2D eigenvalue weighted by atomic mass is 15.2. The number of para-hydroxylation sites is 2. The summed E-state index contributed by atoms with van der Waals surface area (Å²) in [6.07, 6.45) is 2.41. The van der Waals surface area contributed by atoms with Crippen LogP contribution in [0.1, 0.15) is 33.5 Å². The molecule has 4 nitrogen and oxygen atoms in total. The minimum atomic E-state index is 1.03. The van der Waals surface area contributed by atoms with Crippen molar-refractivity contribution in [1.82, 2.24) is 8.80 Å². The van der Waals surface area contributed by atoms with E-state index in [1.54, 1.807) is 0 Å². The average Bonchev–Trinajstić information content (AvgIpc) is 4.00. The molecule has 4 heterocycles. The highest BCUT2D eigenvalue weighted by Gasteiger charge is 2.26. The molecule has 0 saturated heterocycles. The van der Waals surface area contributed by atoms with Gasteiger partial charge in [-0.1, -0.05) is 126 Å². The molecule has 0 aliphatic heterocycles. The lowest BCUT2D eigenvalue weighted by atomic mass is 10.0. The molecular weight excluding hydrogens is 765 g/mol. The van der Waals surface area contributed by atoms with Gasteiger partial charge in [-0.15, -0.1) is 0 Å². The molecule has 12 aromatic rings. The number of anilines is 6. The fourth-order valence-electron chi connectivity index (χ4n) is 10.3. The maximum Gasteiger partial charge on any atom is 0.0641 e. The van der Waals surface area contributed by atoms with Crippen molar-refractivity contribution in [3.8, 4) is 0 Å². The Morgan fingerprint density at radius 1 is 0.397 bits per heavy atom. The zero-order valence-corrected chi connectivity index (χ0v) is 36.2. The first-order valence-corrected chi connectivity index (χ1v) is 21.9. The number of aromatic nitrogens is 2. The van der Waals surface area contributed by atoms with E-state index in [0.29, 0.717) is 0 Å². The standard InChI is InChI=1S/C59H46N4/c1-36-15-23-42(24-16-36)61(43-25-17-37(2)18-26-43)53-33-31-46-40(5)55(63-52-14-10-8-12-49(52)56(53)58(46)63)35-50-41(6)60-51-13-9-7-11-48(51)57-54(34-32-47(50)59(57)60)62(44-27-19-38(3)20-28-44)45-29-21-39(4)22-30-45/h7-35H,5H2,1-4,6H3/b55-35+. The van der Waals surface area contributed by atoms with Gasteiger partial charge < -0.3 is 18.6 Å². The number of aryl methyl sites for hydroxylation is 5. The van der Waals surface area contributed by atoms with Crippen LogP contribution in [-0.4, -0.2) is 8.80 Å². The van der Waals surface area contributed by atoms with Crippen molar-refractivity contribution in [3.63, 3.8) is 0 Å². The lowest BCUT2D eigenvalue weighted by molar-refractivity contribution is 1.17. The lowest BCUT2D eigenvalue weighted by Crippen LogP contribution is -2.24. The van der Waals surface area contributed by atoms with Crippen LogP contribution in [0.2, 0.25) is 0 Å². The van der Waals surface area contributed by atoms with Crippen LogP contribution in [0.25, 0.3) is 67.0 Å². The van der Waals surface area contributed by atoms with Gasteiger partial charge in [-0.2, -0.15) is 0 Å². The maximum atomic E-state index is 4.85. The second kappa shape index (κ2) is 13.9. The molecule has 0 unspecified atom stereocenters. The van der Waals surface area contributed by atoms with Gasteiger partial charge in [-0.25, -0.2) is 0 Å². The van der Waals surface area contributed by atoms with E-state index < -0.39 is 0 Å². The van der Waals surface area contributed by atoms with E-state index in [9.17, 15) is 0 Å². The van der Waals surface area contributed by atoms with Gasteiger partial charge in [0.1, 0.15) is 0 Å². The predicted octanol–water partition coefficient (Wildman–Crippen LogP) is 14.4. The molecule has 0 aliphatic rings. The molecule has 0 fully saturated rings. The van der Waals surface area contributed by atoms with Crippen LogP contribution in [0.5, 0.6) is 0 Å². The summed E-state index contributed by atoms with van der Waals surface area (Å²) in [5.41, 5.74) is 19.0. The van der Waals surface area contributed by atoms with E-state index in [1.807, 2.05) is 0 Å². The average molecular weight is 811 g/mol. The Morgan fingerprint density at radius 3 is 1.22 bits per heavy atom. The first kappa shape index (κ1) is 37.0. The van der Waals surface area contributed by atoms with Crippen molar-refractivity contribution in [2.75, 3.05) is 9.80 Å². The number of nitrogens with zero attached hydrogens (tertiary/aromatic N) is 4. The van der Waals surface area contributed by atoms with E-state index in [4.69, 9.17) is 6.58 Å². The van der Waals surface area contributed by atoms with Crippen molar-refractivity contribution < 1.29 is 0 Å². The SMILES string of the molecule is C=c1/c(=C\c2c(C)n3c4ccccc4c4c(N(c5ccc(C)cc5)c5ccc(C)cc5)ccc2c43)n2c3ccccc3c3c(N(c4ccc(C)cc4)c4ccc(C)cc4)ccc1c32. The minimum Gasteiger partial charge on any atom is -0.312 e. The Labute approximate surface area is 366 Å². The van der Waals surface area contributed by atoms with Crippen LogP contribution < -0.4 is 20.4 Å².